The maximum atomic E-state index is 13.7. The van der Waals surface area contributed by atoms with Gasteiger partial charge in [-0.25, -0.2) is 19.6 Å². The lowest BCUT2D eigenvalue weighted by Crippen LogP contribution is -2.37. The number of ether oxygens (including phenoxy) is 2. The minimum atomic E-state index is -4.44. The fourth-order valence-electron chi connectivity index (χ4n) is 4.81. The average molecular weight is 718 g/mol. The summed E-state index contributed by atoms with van der Waals surface area (Å²) in [7, 11) is 1.39. The molecular weight excluding hydrogens is 674 g/mol. The predicted octanol–water partition coefficient (Wildman–Crippen LogP) is 7.84. The van der Waals surface area contributed by atoms with E-state index in [-0.39, 0.29) is 11.8 Å². The minimum Gasteiger partial charge on any atom is -0.476 e. The molecule has 10 nitrogen and oxygen atoms in total. The summed E-state index contributed by atoms with van der Waals surface area (Å²) < 4.78 is 68.7. The monoisotopic (exact) mass is 717 g/mol. The second-order valence-corrected chi connectivity index (χ2v) is 13.9. The van der Waals surface area contributed by atoms with Gasteiger partial charge in [0.1, 0.15) is 17.3 Å². The van der Waals surface area contributed by atoms with E-state index in [1.54, 1.807) is 18.3 Å². The standard InChI is InChI=1S/C35H43F4N7O3S/c1-33(2,32(47)48-5)22-40-19-11-7-6-8-13-24-14-9-10-15-25(24)30-31(41-21-27(43-30)45-50-29-17-12-16-26(36)42-29)46-20-18-28(44-46)49-23-34(3,4)35(37,38)39/h9-10,12,14-18,20-21,40H,6-8,11,13,19,22-23H2,1-5H3,(H,43,45). The topological polar surface area (TPSA) is 116 Å². The van der Waals surface area contributed by atoms with Crippen LogP contribution in [0.3, 0.4) is 0 Å². The molecule has 270 valence electrons. The number of alkyl halides is 3. The van der Waals surface area contributed by atoms with E-state index >= 15 is 0 Å². The van der Waals surface area contributed by atoms with Crippen molar-refractivity contribution in [2.45, 2.75) is 71.0 Å². The van der Waals surface area contributed by atoms with Gasteiger partial charge in [-0.3, -0.25) is 4.79 Å². The summed E-state index contributed by atoms with van der Waals surface area (Å²) in [4.78, 5) is 25.2. The zero-order chi connectivity index (χ0) is 36.4. The van der Waals surface area contributed by atoms with E-state index in [0.717, 1.165) is 75.6 Å². The number of esters is 1. The number of aryl methyl sites for hydroxylation is 1. The van der Waals surface area contributed by atoms with Crippen LogP contribution in [0, 0.1) is 16.8 Å². The molecular formula is C35H43F4N7O3S. The van der Waals surface area contributed by atoms with Crippen molar-refractivity contribution in [3.8, 4) is 23.0 Å². The summed E-state index contributed by atoms with van der Waals surface area (Å²) in [5, 5.41) is 8.11. The van der Waals surface area contributed by atoms with Gasteiger partial charge < -0.3 is 19.5 Å². The molecule has 15 heteroatoms. The Morgan fingerprint density at radius 2 is 1.72 bits per heavy atom. The Balaban J connectivity index is 1.49. The van der Waals surface area contributed by atoms with Crippen molar-refractivity contribution in [1.29, 1.82) is 0 Å². The lowest BCUT2D eigenvalue weighted by atomic mass is 9.94. The predicted molar refractivity (Wildman–Crippen MR) is 184 cm³/mol. The van der Waals surface area contributed by atoms with Gasteiger partial charge in [-0.2, -0.15) is 17.6 Å². The lowest BCUT2D eigenvalue weighted by molar-refractivity contribution is -0.219. The molecule has 0 atom stereocenters. The number of carbonyl (C=O) groups is 1. The molecule has 0 aliphatic heterocycles. The normalized spacial score (nSPS) is 12.2. The van der Waals surface area contributed by atoms with E-state index in [2.05, 4.69) is 25.1 Å². The minimum absolute atomic E-state index is 0.0154. The number of hydrogen-bond donors (Lipinski definition) is 2. The first kappa shape index (κ1) is 38.6. The number of nitrogens with zero attached hydrogens (tertiary/aromatic N) is 5. The maximum absolute atomic E-state index is 13.7. The van der Waals surface area contributed by atoms with E-state index in [9.17, 15) is 22.4 Å². The van der Waals surface area contributed by atoms with Crippen molar-refractivity contribution in [2.75, 3.05) is 31.5 Å². The molecule has 0 aliphatic carbocycles. The molecule has 0 amide bonds. The fraction of sp³-hybridized carbons (Fsp3) is 0.457. The van der Waals surface area contributed by atoms with Crippen LogP contribution in [0.5, 0.6) is 5.88 Å². The fourth-order valence-corrected chi connectivity index (χ4v) is 5.39. The summed E-state index contributed by atoms with van der Waals surface area (Å²) in [5.41, 5.74) is -0.318. The Kier molecular flexibility index (Phi) is 13.2. The molecule has 4 rings (SSSR count). The van der Waals surface area contributed by atoms with Gasteiger partial charge in [0.05, 0.1) is 24.1 Å². The zero-order valence-electron chi connectivity index (χ0n) is 28.8. The first-order valence-corrected chi connectivity index (χ1v) is 17.1. The Morgan fingerprint density at radius 1 is 0.960 bits per heavy atom. The van der Waals surface area contributed by atoms with Gasteiger partial charge in [-0.05, 0) is 71.2 Å². The summed E-state index contributed by atoms with van der Waals surface area (Å²) >= 11 is 1.07. The highest BCUT2D eigenvalue weighted by molar-refractivity contribution is 8.00. The third kappa shape index (κ3) is 10.6. The van der Waals surface area contributed by atoms with Gasteiger partial charge in [0.2, 0.25) is 11.8 Å². The summed E-state index contributed by atoms with van der Waals surface area (Å²) in [5.74, 6) is -0.106. The second-order valence-electron chi connectivity index (χ2n) is 13.1. The van der Waals surface area contributed by atoms with Crippen LogP contribution < -0.4 is 14.8 Å². The summed E-state index contributed by atoms with van der Waals surface area (Å²) in [6.07, 6.45) is 3.24. The molecule has 0 unspecified atom stereocenters. The average Bonchev–Trinajstić information content (AvgIpc) is 3.56. The SMILES string of the molecule is COC(=O)C(C)(C)CNCCCCCCc1ccccc1-c1nc(NSc2cccc(F)n2)cnc1-n1ccc(OCC(C)(C)C(F)(F)F)n1. The third-order valence-corrected chi connectivity index (χ3v) is 8.71. The van der Waals surface area contributed by atoms with Crippen molar-refractivity contribution in [1.82, 2.24) is 30.0 Å². The number of aromatic nitrogens is 5. The summed E-state index contributed by atoms with van der Waals surface area (Å²) in [6.45, 7) is 6.56. The number of pyridine rings is 1. The largest absolute Gasteiger partial charge is 0.476 e. The van der Waals surface area contributed by atoms with E-state index in [4.69, 9.17) is 14.5 Å². The Hall–Kier alpha value is -4.24. The summed E-state index contributed by atoms with van der Waals surface area (Å²) in [6, 6.07) is 13.8. The molecule has 0 saturated carbocycles. The van der Waals surface area contributed by atoms with Crippen molar-refractivity contribution in [2.24, 2.45) is 10.8 Å². The maximum Gasteiger partial charge on any atom is 0.397 e. The molecule has 0 aliphatic rings. The van der Waals surface area contributed by atoms with Gasteiger partial charge in [-0.15, -0.1) is 5.10 Å². The van der Waals surface area contributed by atoms with Crippen LogP contribution in [0.15, 0.2) is 66.0 Å². The van der Waals surface area contributed by atoms with Crippen molar-refractivity contribution < 1.29 is 31.8 Å². The first-order chi connectivity index (χ1) is 23.7. The number of benzene rings is 1. The second kappa shape index (κ2) is 17.1. The van der Waals surface area contributed by atoms with Crippen LogP contribution in [0.25, 0.3) is 17.1 Å². The van der Waals surface area contributed by atoms with Crippen LogP contribution in [0.2, 0.25) is 0 Å². The highest BCUT2D eigenvalue weighted by Crippen LogP contribution is 2.38. The number of carbonyl (C=O) groups excluding carboxylic acids is 1. The van der Waals surface area contributed by atoms with Crippen molar-refractivity contribution in [3.05, 3.63) is 72.4 Å². The highest BCUT2D eigenvalue weighted by Gasteiger charge is 2.48. The number of rotatable bonds is 18. The van der Waals surface area contributed by atoms with Gasteiger partial charge in [0, 0.05) is 36.3 Å². The Bertz CT molecular complexity index is 1720. The number of methoxy groups -OCH3 is 1. The highest BCUT2D eigenvalue weighted by atomic mass is 32.2. The van der Waals surface area contributed by atoms with Gasteiger partial charge in [-0.1, -0.05) is 43.2 Å². The molecule has 2 N–H and O–H groups in total. The van der Waals surface area contributed by atoms with Gasteiger partial charge in [0.25, 0.3) is 0 Å². The molecule has 0 fully saturated rings. The number of unbranched alkanes of at least 4 members (excludes halogenated alkanes) is 3. The number of halogens is 4. The Labute approximate surface area is 293 Å². The lowest BCUT2D eigenvalue weighted by Gasteiger charge is -2.26. The molecule has 50 heavy (non-hydrogen) atoms. The molecule has 0 bridgehead atoms. The van der Waals surface area contributed by atoms with Crippen LogP contribution in [0.1, 0.15) is 58.9 Å². The van der Waals surface area contributed by atoms with Crippen molar-refractivity contribution >= 4 is 23.7 Å². The molecule has 3 aromatic heterocycles. The van der Waals surface area contributed by atoms with Crippen LogP contribution in [-0.4, -0.2) is 63.7 Å². The molecule has 3 heterocycles. The third-order valence-electron chi connectivity index (χ3n) is 7.96. The van der Waals surface area contributed by atoms with Crippen molar-refractivity contribution in [3.63, 3.8) is 0 Å². The van der Waals surface area contributed by atoms with Crippen LogP contribution >= 0.6 is 11.9 Å². The van der Waals surface area contributed by atoms with Crippen LogP contribution in [0.4, 0.5) is 23.4 Å². The van der Waals surface area contributed by atoms with E-state index < -0.39 is 29.6 Å². The van der Waals surface area contributed by atoms with Gasteiger partial charge in [0.15, 0.2) is 11.6 Å². The molecule has 0 saturated heterocycles. The zero-order valence-corrected chi connectivity index (χ0v) is 29.6. The van der Waals surface area contributed by atoms with E-state index in [0.29, 0.717) is 28.9 Å². The molecule has 4 aromatic rings. The quantitative estimate of drug-likeness (QED) is 0.0347. The molecule has 0 radical (unpaired) electrons. The first-order valence-electron chi connectivity index (χ1n) is 16.3. The van der Waals surface area contributed by atoms with E-state index in [1.165, 1.54) is 30.1 Å². The molecule has 0 spiro atoms. The number of hydrogen-bond acceptors (Lipinski definition) is 10. The Morgan fingerprint density at radius 3 is 2.46 bits per heavy atom. The number of anilines is 1. The van der Waals surface area contributed by atoms with E-state index in [1.807, 2.05) is 38.1 Å². The van der Waals surface area contributed by atoms with Gasteiger partial charge >= 0.3 is 12.1 Å². The molecule has 1 aromatic carbocycles. The number of nitrogens with one attached hydrogen (secondary N) is 2. The van der Waals surface area contributed by atoms with Crippen LogP contribution in [-0.2, 0) is 16.0 Å². The smallest absolute Gasteiger partial charge is 0.397 e.